The number of carbonyl (C=O) groups is 1. The molecule has 0 aliphatic heterocycles. The third-order valence-electron chi connectivity index (χ3n) is 0.537. The number of nitrogens with one attached hydrogen (secondary N) is 1. The van der Waals surface area contributed by atoms with Crippen molar-refractivity contribution in [3.8, 4) is 0 Å². The Labute approximate surface area is 49.6 Å². The zero-order chi connectivity index (χ0) is 6.57. The molecule has 0 saturated carbocycles. The normalized spacial score (nSPS) is 8.75. The summed E-state index contributed by atoms with van der Waals surface area (Å²) < 4.78 is 21.1. The second kappa shape index (κ2) is 3.48. The maximum absolute atomic E-state index is 10.1. The summed E-state index contributed by atoms with van der Waals surface area (Å²) in [6.45, 7) is 1.58. The van der Waals surface area contributed by atoms with Crippen molar-refractivity contribution < 1.29 is 13.2 Å². The molecule has 0 aliphatic rings. The molecule has 0 rings (SSSR count). The lowest BCUT2D eigenvalue weighted by Crippen LogP contribution is -2.23. The summed E-state index contributed by atoms with van der Waals surface area (Å²) in [5, 5.41) is 0. The van der Waals surface area contributed by atoms with Gasteiger partial charge >= 0.3 is 0 Å². The lowest BCUT2D eigenvalue weighted by atomic mass is 9.82. The van der Waals surface area contributed by atoms with Crippen molar-refractivity contribution in [1.29, 1.82) is 0 Å². The fourth-order valence-corrected chi connectivity index (χ4v) is 0.543. The predicted octanol–water partition coefficient (Wildman–Crippen LogP) is -1.29. The van der Waals surface area contributed by atoms with Crippen LogP contribution in [0.3, 0.4) is 0 Å². The monoisotopic (exact) mass is 135 g/mol. The minimum Gasteiger partial charge on any atom is -0.287 e. The van der Waals surface area contributed by atoms with E-state index in [1.165, 1.54) is 0 Å². The van der Waals surface area contributed by atoms with Crippen LogP contribution in [0.5, 0.6) is 0 Å². The third-order valence-corrected chi connectivity index (χ3v) is 0.969. The summed E-state index contributed by atoms with van der Waals surface area (Å²) in [6.07, 6.45) is 0. The lowest BCUT2D eigenvalue weighted by Gasteiger charge is -1.86. The predicted molar refractivity (Wildman–Crippen MR) is 31.9 cm³/mol. The van der Waals surface area contributed by atoms with Gasteiger partial charge in [-0.05, 0) is 0 Å². The highest BCUT2D eigenvalue weighted by Gasteiger charge is 1.94. The van der Waals surface area contributed by atoms with E-state index in [1.807, 2.05) is 0 Å². The van der Waals surface area contributed by atoms with Crippen molar-refractivity contribution in [2.24, 2.45) is 0 Å². The quantitative estimate of drug-likeness (QED) is 0.365. The second-order valence-electron chi connectivity index (χ2n) is 1.15. The van der Waals surface area contributed by atoms with Crippen LogP contribution in [0.4, 0.5) is 4.79 Å². The summed E-state index contributed by atoms with van der Waals surface area (Å²) in [5.74, 6) is -0.471. The van der Waals surface area contributed by atoms with E-state index in [1.54, 1.807) is 11.5 Å². The van der Waals surface area contributed by atoms with Gasteiger partial charge in [0.1, 0.15) is 0 Å². The Hall–Kier alpha value is -0.515. The van der Waals surface area contributed by atoms with Gasteiger partial charge in [0.05, 0.1) is 0 Å². The summed E-state index contributed by atoms with van der Waals surface area (Å²) in [7, 11) is -2.55. The van der Waals surface area contributed by atoms with Gasteiger partial charge in [0, 0.05) is 0 Å². The molecule has 1 amide bonds. The third kappa shape index (κ3) is 3.67. The van der Waals surface area contributed by atoms with Gasteiger partial charge in [0.2, 0.25) is 18.2 Å². The maximum Gasteiger partial charge on any atom is 0.232 e. The van der Waals surface area contributed by atoms with Crippen molar-refractivity contribution >= 4 is 24.0 Å². The zero-order valence-corrected chi connectivity index (χ0v) is 5.27. The molecule has 0 unspecified atom stereocenters. The van der Waals surface area contributed by atoms with E-state index in [4.69, 9.17) is 0 Å². The molecule has 0 aromatic rings. The van der Waals surface area contributed by atoms with Gasteiger partial charge in [0.15, 0.2) is 5.81 Å². The molecule has 4 nitrogen and oxygen atoms in total. The highest BCUT2D eigenvalue weighted by atomic mass is 32.2. The van der Waals surface area contributed by atoms with Gasteiger partial charge in [0.25, 0.3) is 0 Å². The van der Waals surface area contributed by atoms with E-state index >= 15 is 0 Å². The molecule has 0 bridgehead atoms. The first-order valence-corrected chi connectivity index (χ1v) is 3.28. The van der Waals surface area contributed by atoms with Crippen molar-refractivity contribution in [3.63, 3.8) is 0 Å². The minimum atomic E-state index is -2.75. The molecule has 8 heavy (non-hydrogen) atoms. The number of thiol groups is 1. The number of hydrogen-bond acceptors (Lipinski definition) is 3. The van der Waals surface area contributed by atoms with E-state index in [0.29, 0.717) is 0 Å². The Bertz CT molecular complexity index is 145. The molecule has 0 spiro atoms. The molecule has 0 fully saturated rings. The van der Waals surface area contributed by atoms with Crippen LogP contribution < -0.4 is 4.72 Å². The van der Waals surface area contributed by atoms with Gasteiger partial charge < -0.3 is 0 Å². The fraction of sp³-hybridized carbons (Fsp3) is 0.500. The Morgan fingerprint density at radius 1 is 1.62 bits per heavy atom. The molecular formula is C2H6BNO3S. The molecule has 6 heteroatoms. The standard InChI is InChI=1S/C2H6BNO3S/c1-3-2(5)4-8(6)7/h3,8H,1H3,(H,4,5,6,7). The summed E-state index contributed by atoms with van der Waals surface area (Å²) in [6, 6.07) is 0. The molecule has 0 heterocycles. The van der Waals surface area contributed by atoms with Crippen LogP contribution in [-0.4, -0.2) is 21.5 Å². The number of hydrogen-bond donors (Lipinski definition) is 2. The number of carbonyl (C=O) groups excluding carboxylic acids is 1. The summed E-state index contributed by atoms with van der Waals surface area (Å²) in [4.78, 5) is 10.1. The molecule has 0 atom stereocenters. The van der Waals surface area contributed by atoms with Crippen LogP contribution in [-0.2, 0) is 10.9 Å². The van der Waals surface area contributed by atoms with Crippen molar-refractivity contribution in [2.45, 2.75) is 6.82 Å². The molecule has 0 saturated heterocycles. The largest absolute Gasteiger partial charge is 0.287 e. The van der Waals surface area contributed by atoms with Crippen LogP contribution in [0.1, 0.15) is 0 Å². The Balaban J connectivity index is 3.56. The Morgan fingerprint density at radius 3 is 2.25 bits per heavy atom. The first-order chi connectivity index (χ1) is 3.66. The molecule has 46 valence electrons. The topological polar surface area (TPSA) is 63.2 Å². The van der Waals surface area contributed by atoms with Crippen LogP contribution >= 0.6 is 0 Å². The van der Waals surface area contributed by atoms with E-state index in [2.05, 4.69) is 0 Å². The second-order valence-corrected chi connectivity index (χ2v) is 1.88. The highest BCUT2D eigenvalue weighted by Crippen LogP contribution is 1.63. The van der Waals surface area contributed by atoms with Gasteiger partial charge in [-0.3, -0.25) is 9.52 Å². The average molecular weight is 135 g/mol. The van der Waals surface area contributed by atoms with Crippen molar-refractivity contribution in [2.75, 3.05) is 0 Å². The van der Waals surface area contributed by atoms with Crippen LogP contribution in [0.25, 0.3) is 0 Å². The number of rotatable bonds is 2. The van der Waals surface area contributed by atoms with Gasteiger partial charge in [-0.15, -0.1) is 0 Å². The molecule has 0 aliphatic carbocycles. The first kappa shape index (κ1) is 7.48. The van der Waals surface area contributed by atoms with Gasteiger partial charge in [-0.25, -0.2) is 8.42 Å². The van der Waals surface area contributed by atoms with Gasteiger partial charge in [-0.2, -0.15) is 0 Å². The SMILES string of the molecule is CBC(=O)N[SH](=O)=O. The van der Waals surface area contributed by atoms with E-state index in [-0.39, 0.29) is 7.28 Å². The smallest absolute Gasteiger partial charge is 0.232 e. The molecule has 0 radical (unpaired) electrons. The van der Waals surface area contributed by atoms with Gasteiger partial charge in [-0.1, -0.05) is 6.82 Å². The van der Waals surface area contributed by atoms with Crippen LogP contribution in [0.2, 0.25) is 6.82 Å². The average Bonchev–Trinajstić information content (AvgIpc) is 1.65. The number of amides is 1. The summed E-state index contributed by atoms with van der Waals surface area (Å²) in [5.41, 5.74) is 0. The Kier molecular flexibility index (Phi) is 3.26. The van der Waals surface area contributed by atoms with E-state index < -0.39 is 16.7 Å². The molecular weight excluding hydrogens is 129 g/mol. The lowest BCUT2D eigenvalue weighted by molar-refractivity contribution is 0.263. The molecule has 0 aromatic heterocycles. The van der Waals surface area contributed by atoms with E-state index in [9.17, 15) is 13.2 Å². The molecule has 0 aromatic carbocycles. The van der Waals surface area contributed by atoms with Crippen LogP contribution in [0, 0.1) is 0 Å². The first-order valence-electron chi connectivity index (χ1n) is 2.10. The fourth-order valence-electron chi connectivity index (χ4n) is 0.181. The Morgan fingerprint density at radius 2 is 2.12 bits per heavy atom. The summed E-state index contributed by atoms with van der Waals surface area (Å²) >= 11 is 0. The highest BCUT2D eigenvalue weighted by molar-refractivity contribution is 7.71. The molecule has 1 N–H and O–H groups in total. The van der Waals surface area contributed by atoms with E-state index in [0.717, 1.165) is 0 Å². The zero-order valence-electron chi connectivity index (χ0n) is 4.38. The van der Waals surface area contributed by atoms with Crippen molar-refractivity contribution in [3.05, 3.63) is 0 Å². The minimum absolute atomic E-state index is 0.198. The van der Waals surface area contributed by atoms with Crippen molar-refractivity contribution in [1.82, 2.24) is 4.72 Å². The maximum atomic E-state index is 10.1. The van der Waals surface area contributed by atoms with Crippen LogP contribution in [0.15, 0.2) is 0 Å².